The Labute approximate surface area is 169 Å². The zero-order chi connectivity index (χ0) is 20.8. The molecule has 3 rings (SSSR count). The first-order chi connectivity index (χ1) is 14.0. The zero-order valence-corrected chi connectivity index (χ0v) is 16.0. The van der Waals surface area contributed by atoms with E-state index in [1.165, 1.54) is 29.5 Å². The molecule has 29 heavy (non-hydrogen) atoms. The Bertz CT molecular complexity index is 1060. The number of carboxylic acids is 1. The molecule has 0 aliphatic carbocycles. The average molecular weight is 412 g/mol. The Morgan fingerprint density at radius 1 is 1.28 bits per heavy atom. The number of carbonyl (C=O) groups is 1. The van der Waals surface area contributed by atoms with Crippen LogP contribution in [0.15, 0.2) is 59.0 Å². The molecule has 9 nitrogen and oxygen atoms in total. The normalized spacial score (nSPS) is 11.1. The van der Waals surface area contributed by atoms with Crippen molar-refractivity contribution in [2.45, 2.75) is 6.42 Å². The summed E-state index contributed by atoms with van der Waals surface area (Å²) in [4.78, 5) is 26.5. The summed E-state index contributed by atoms with van der Waals surface area (Å²) >= 11 is 1.26. The molecule has 0 bridgehead atoms. The van der Waals surface area contributed by atoms with E-state index in [1.54, 1.807) is 13.2 Å². The zero-order valence-electron chi connectivity index (χ0n) is 15.2. The molecule has 10 heteroatoms. The number of aliphatic carboxylic acids is 1. The second kappa shape index (κ2) is 8.93. The standard InChI is InChI=1S/C19H16N4O5S/c1-28-14-8-6-12(7-9-14)16-11-29-19(20-16)22-21-15(18(24)25)10-13-4-2-3-5-17(13)23(26)27/h2-9,11H,10H2,1H3,(H,20,22)(H,24,25)/b21-15-. The van der Waals surface area contributed by atoms with Gasteiger partial charge in [-0.1, -0.05) is 18.2 Å². The molecule has 0 aliphatic rings. The van der Waals surface area contributed by atoms with E-state index in [4.69, 9.17) is 4.74 Å². The lowest BCUT2D eigenvalue weighted by atomic mass is 10.1. The number of hydrogen-bond acceptors (Lipinski definition) is 8. The third-order valence-corrected chi connectivity index (χ3v) is 4.72. The topological polar surface area (TPSA) is 127 Å². The number of anilines is 1. The third-order valence-electron chi connectivity index (χ3n) is 3.97. The fourth-order valence-corrected chi connectivity index (χ4v) is 3.18. The van der Waals surface area contributed by atoms with Crippen LogP contribution >= 0.6 is 11.3 Å². The van der Waals surface area contributed by atoms with Gasteiger partial charge in [0.15, 0.2) is 0 Å². The number of nitro groups is 1. The van der Waals surface area contributed by atoms with Gasteiger partial charge in [0.1, 0.15) is 11.5 Å². The van der Waals surface area contributed by atoms with E-state index in [9.17, 15) is 20.0 Å². The van der Waals surface area contributed by atoms with Gasteiger partial charge in [0, 0.05) is 29.0 Å². The van der Waals surface area contributed by atoms with Crippen LogP contribution in [0.25, 0.3) is 11.3 Å². The summed E-state index contributed by atoms with van der Waals surface area (Å²) in [6.45, 7) is 0. The molecule has 0 unspecified atom stereocenters. The number of rotatable bonds is 8. The van der Waals surface area contributed by atoms with E-state index >= 15 is 0 Å². The van der Waals surface area contributed by atoms with Crippen molar-refractivity contribution in [1.29, 1.82) is 0 Å². The summed E-state index contributed by atoms with van der Waals surface area (Å²) in [5.74, 6) is -0.546. The number of carboxylic acid groups (broad SMARTS) is 1. The Morgan fingerprint density at radius 2 is 2.00 bits per heavy atom. The number of nitrogens with one attached hydrogen (secondary N) is 1. The van der Waals surface area contributed by atoms with E-state index in [-0.39, 0.29) is 23.4 Å². The molecule has 0 saturated heterocycles. The second-order valence-corrected chi connectivity index (χ2v) is 6.66. The minimum absolute atomic E-state index is 0.155. The lowest BCUT2D eigenvalue weighted by molar-refractivity contribution is -0.385. The second-order valence-electron chi connectivity index (χ2n) is 5.80. The molecule has 0 atom stereocenters. The van der Waals surface area contributed by atoms with Crippen LogP contribution in [0.4, 0.5) is 10.8 Å². The average Bonchev–Trinajstić information content (AvgIpc) is 3.20. The molecular weight excluding hydrogens is 396 g/mol. The van der Waals surface area contributed by atoms with Crippen LogP contribution in [-0.2, 0) is 11.2 Å². The molecule has 0 spiro atoms. The summed E-state index contributed by atoms with van der Waals surface area (Å²) in [5, 5.41) is 26.6. The van der Waals surface area contributed by atoms with Gasteiger partial charge in [0.2, 0.25) is 5.13 Å². The number of aromatic nitrogens is 1. The molecule has 0 fully saturated rings. The first-order valence-electron chi connectivity index (χ1n) is 8.36. The van der Waals surface area contributed by atoms with Gasteiger partial charge in [-0.15, -0.1) is 11.3 Å². The van der Waals surface area contributed by atoms with Gasteiger partial charge in [-0.25, -0.2) is 9.78 Å². The molecule has 0 amide bonds. The van der Waals surface area contributed by atoms with Crippen LogP contribution in [0, 0.1) is 10.1 Å². The molecule has 2 aromatic carbocycles. The van der Waals surface area contributed by atoms with E-state index < -0.39 is 10.9 Å². The van der Waals surface area contributed by atoms with Crippen molar-refractivity contribution < 1.29 is 19.6 Å². The summed E-state index contributed by atoms with van der Waals surface area (Å²) in [6.07, 6.45) is -0.198. The van der Waals surface area contributed by atoms with E-state index in [0.717, 1.165) is 11.3 Å². The van der Waals surface area contributed by atoms with Crippen molar-refractivity contribution in [3.05, 3.63) is 69.6 Å². The maximum atomic E-state index is 11.5. The SMILES string of the molecule is COc1ccc(-c2csc(N/N=C(/Cc3ccccc3[N+](=O)[O-])C(=O)O)n2)cc1. The van der Waals surface area contributed by atoms with Crippen LogP contribution in [0.5, 0.6) is 5.75 Å². The highest BCUT2D eigenvalue weighted by atomic mass is 32.1. The van der Waals surface area contributed by atoms with Crippen molar-refractivity contribution in [3.8, 4) is 17.0 Å². The number of thiazole rings is 1. The van der Waals surface area contributed by atoms with E-state index in [0.29, 0.717) is 10.8 Å². The fraction of sp³-hybridized carbons (Fsp3) is 0.105. The van der Waals surface area contributed by atoms with Gasteiger partial charge in [-0.3, -0.25) is 15.5 Å². The number of benzene rings is 2. The predicted octanol–water partition coefficient (Wildman–Crippen LogP) is 3.82. The molecule has 1 aromatic heterocycles. The highest BCUT2D eigenvalue weighted by Crippen LogP contribution is 2.26. The van der Waals surface area contributed by atoms with Crippen LogP contribution < -0.4 is 10.2 Å². The molecule has 148 valence electrons. The number of ether oxygens (including phenoxy) is 1. The summed E-state index contributed by atoms with van der Waals surface area (Å²) < 4.78 is 5.12. The number of hydrazone groups is 1. The van der Waals surface area contributed by atoms with E-state index in [1.807, 2.05) is 29.6 Å². The van der Waals surface area contributed by atoms with Gasteiger partial charge in [0.25, 0.3) is 5.69 Å². The van der Waals surface area contributed by atoms with Gasteiger partial charge < -0.3 is 9.84 Å². The van der Waals surface area contributed by atoms with Gasteiger partial charge in [-0.2, -0.15) is 5.10 Å². The van der Waals surface area contributed by atoms with Crippen molar-refractivity contribution in [2.75, 3.05) is 12.5 Å². The number of hydrogen-bond donors (Lipinski definition) is 2. The molecular formula is C19H16N4O5S. The number of nitrogens with zero attached hydrogens (tertiary/aromatic N) is 3. The Hall–Kier alpha value is -3.79. The first kappa shape index (κ1) is 20.0. The Balaban J connectivity index is 1.77. The fourth-order valence-electron chi connectivity index (χ4n) is 2.52. The van der Waals surface area contributed by atoms with Crippen LogP contribution in [-0.4, -0.2) is 33.8 Å². The van der Waals surface area contributed by atoms with Crippen LogP contribution in [0.3, 0.4) is 0 Å². The highest BCUT2D eigenvalue weighted by molar-refractivity contribution is 7.14. The number of nitro benzene ring substituents is 1. The maximum Gasteiger partial charge on any atom is 0.352 e. The van der Waals surface area contributed by atoms with Crippen LogP contribution in [0.2, 0.25) is 0 Å². The Morgan fingerprint density at radius 3 is 2.66 bits per heavy atom. The smallest absolute Gasteiger partial charge is 0.352 e. The summed E-state index contributed by atoms with van der Waals surface area (Å²) in [7, 11) is 1.59. The lowest BCUT2D eigenvalue weighted by Crippen LogP contribution is -2.18. The summed E-state index contributed by atoms with van der Waals surface area (Å²) in [6, 6.07) is 13.3. The quantitative estimate of drug-likeness (QED) is 0.327. The van der Waals surface area contributed by atoms with Crippen molar-refractivity contribution in [3.63, 3.8) is 0 Å². The molecule has 1 heterocycles. The number of para-hydroxylation sites is 1. The highest BCUT2D eigenvalue weighted by Gasteiger charge is 2.18. The minimum Gasteiger partial charge on any atom is -0.497 e. The predicted molar refractivity (Wildman–Crippen MR) is 110 cm³/mol. The lowest BCUT2D eigenvalue weighted by Gasteiger charge is -2.04. The maximum absolute atomic E-state index is 11.5. The molecule has 0 aliphatic heterocycles. The largest absolute Gasteiger partial charge is 0.497 e. The van der Waals surface area contributed by atoms with Gasteiger partial charge >= 0.3 is 5.97 Å². The third kappa shape index (κ3) is 4.93. The van der Waals surface area contributed by atoms with E-state index in [2.05, 4.69) is 15.5 Å². The van der Waals surface area contributed by atoms with Crippen molar-refractivity contribution >= 4 is 33.8 Å². The minimum atomic E-state index is -1.28. The van der Waals surface area contributed by atoms with Crippen molar-refractivity contribution in [2.24, 2.45) is 5.10 Å². The Kier molecular flexibility index (Phi) is 6.15. The summed E-state index contributed by atoms with van der Waals surface area (Å²) in [5.41, 5.74) is 4.04. The monoisotopic (exact) mass is 412 g/mol. The van der Waals surface area contributed by atoms with Gasteiger partial charge in [0.05, 0.1) is 17.7 Å². The van der Waals surface area contributed by atoms with Crippen LogP contribution in [0.1, 0.15) is 5.56 Å². The molecule has 0 saturated carbocycles. The van der Waals surface area contributed by atoms with Crippen molar-refractivity contribution in [1.82, 2.24) is 4.98 Å². The first-order valence-corrected chi connectivity index (χ1v) is 9.24. The van der Waals surface area contributed by atoms with Gasteiger partial charge in [-0.05, 0) is 24.3 Å². The molecule has 0 radical (unpaired) electrons. The number of methoxy groups -OCH3 is 1. The molecule has 2 N–H and O–H groups in total. The molecule has 3 aromatic rings.